The average molecular weight is 407 g/mol. The van der Waals surface area contributed by atoms with E-state index in [1.54, 1.807) is 14.2 Å². The maximum Gasteiger partial charge on any atom is 0.332 e. The van der Waals surface area contributed by atoms with Crippen LogP contribution in [0.4, 0.5) is 0 Å². The first-order chi connectivity index (χ1) is 14.5. The van der Waals surface area contributed by atoms with E-state index in [2.05, 4.69) is 4.98 Å². The number of imidazole rings is 2. The van der Waals surface area contributed by atoms with Gasteiger partial charge in [0.05, 0.1) is 6.61 Å². The average Bonchev–Trinajstić information content (AvgIpc) is 3.24. The summed E-state index contributed by atoms with van der Waals surface area (Å²) in [4.78, 5) is 30.8. The molecule has 0 aliphatic carbocycles. The van der Waals surface area contributed by atoms with E-state index in [0.717, 1.165) is 17.0 Å². The molecule has 0 aliphatic heterocycles. The van der Waals surface area contributed by atoms with Gasteiger partial charge in [-0.3, -0.25) is 18.3 Å². The second-order valence-electron chi connectivity index (χ2n) is 7.31. The summed E-state index contributed by atoms with van der Waals surface area (Å²) < 4.78 is 11.8. The summed E-state index contributed by atoms with van der Waals surface area (Å²) in [7, 11) is 3.30. The number of hydrogen-bond acceptors (Lipinski definition) is 4. The first-order valence-corrected chi connectivity index (χ1v) is 9.84. The number of ether oxygens (including phenoxy) is 1. The summed E-state index contributed by atoms with van der Waals surface area (Å²) in [6.07, 6.45) is 3.72. The lowest BCUT2D eigenvalue weighted by atomic mass is 10.2. The van der Waals surface area contributed by atoms with Crippen LogP contribution in [0.5, 0.6) is 0 Å². The van der Waals surface area contributed by atoms with Crippen LogP contribution in [0, 0.1) is 13.8 Å². The fourth-order valence-electron chi connectivity index (χ4n) is 3.78. The molecule has 0 amide bonds. The predicted octanol–water partition coefficient (Wildman–Crippen LogP) is 2.13. The lowest BCUT2D eigenvalue weighted by Gasteiger charge is -2.07. The molecule has 0 aliphatic rings. The summed E-state index contributed by atoms with van der Waals surface area (Å²) in [5.41, 5.74) is 3.02. The lowest BCUT2D eigenvalue weighted by Crippen LogP contribution is -2.39. The molecule has 0 fully saturated rings. The van der Waals surface area contributed by atoms with Crippen LogP contribution in [0.2, 0.25) is 0 Å². The van der Waals surface area contributed by atoms with E-state index in [4.69, 9.17) is 4.74 Å². The maximum atomic E-state index is 13.3. The zero-order chi connectivity index (χ0) is 21.4. The molecule has 0 saturated carbocycles. The molecular weight excluding hydrogens is 382 g/mol. The van der Waals surface area contributed by atoms with Gasteiger partial charge in [-0.2, -0.15) is 4.98 Å². The van der Waals surface area contributed by atoms with Crippen LogP contribution >= 0.6 is 0 Å². The first kappa shape index (κ1) is 19.9. The number of hydrogen-bond donors (Lipinski definition) is 0. The van der Waals surface area contributed by atoms with Gasteiger partial charge in [-0.1, -0.05) is 42.5 Å². The number of methoxy groups -OCH3 is 1. The Balaban J connectivity index is 1.89. The number of rotatable bonds is 6. The van der Waals surface area contributed by atoms with Crippen molar-refractivity contribution in [2.24, 2.45) is 7.05 Å². The molecule has 1 aromatic carbocycles. The highest BCUT2D eigenvalue weighted by atomic mass is 16.5. The monoisotopic (exact) mass is 407 g/mol. The number of aryl methyl sites for hydroxylation is 2. The van der Waals surface area contributed by atoms with E-state index in [1.807, 2.05) is 65.3 Å². The highest BCUT2D eigenvalue weighted by molar-refractivity contribution is 5.76. The number of allylic oxidation sites excluding steroid dienone is 1. The van der Waals surface area contributed by atoms with Gasteiger partial charge in [-0.15, -0.1) is 0 Å². The van der Waals surface area contributed by atoms with Crippen LogP contribution in [-0.4, -0.2) is 36.8 Å². The largest absolute Gasteiger partial charge is 0.383 e. The Morgan fingerprint density at radius 1 is 1.07 bits per heavy atom. The number of benzene rings is 1. The third kappa shape index (κ3) is 3.09. The summed E-state index contributed by atoms with van der Waals surface area (Å²) >= 11 is 0. The van der Waals surface area contributed by atoms with Gasteiger partial charge in [0.25, 0.3) is 5.56 Å². The molecule has 0 bridgehead atoms. The van der Waals surface area contributed by atoms with Crippen molar-refractivity contribution in [1.29, 1.82) is 0 Å². The van der Waals surface area contributed by atoms with Gasteiger partial charge in [0, 0.05) is 38.6 Å². The van der Waals surface area contributed by atoms with Crippen molar-refractivity contribution >= 4 is 23.0 Å². The second-order valence-corrected chi connectivity index (χ2v) is 7.31. The molecule has 4 aromatic rings. The molecule has 30 heavy (non-hydrogen) atoms. The number of aromatic nitrogens is 5. The molecule has 3 heterocycles. The minimum Gasteiger partial charge on any atom is -0.383 e. The zero-order valence-electron chi connectivity index (χ0n) is 17.6. The van der Waals surface area contributed by atoms with E-state index in [9.17, 15) is 9.59 Å². The second kappa shape index (κ2) is 7.79. The van der Waals surface area contributed by atoms with Crippen molar-refractivity contribution in [3.8, 4) is 0 Å². The fraction of sp³-hybridized carbons (Fsp3) is 0.318. The van der Waals surface area contributed by atoms with Crippen molar-refractivity contribution in [3.05, 3.63) is 74.2 Å². The fourth-order valence-corrected chi connectivity index (χ4v) is 3.78. The van der Waals surface area contributed by atoms with Crippen molar-refractivity contribution in [2.75, 3.05) is 13.7 Å². The van der Waals surface area contributed by atoms with Crippen LogP contribution in [0.1, 0.15) is 17.0 Å². The smallest absolute Gasteiger partial charge is 0.332 e. The Hall–Kier alpha value is -3.39. The van der Waals surface area contributed by atoms with Gasteiger partial charge >= 0.3 is 5.69 Å². The third-order valence-corrected chi connectivity index (χ3v) is 5.55. The minimum absolute atomic E-state index is 0.186. The molecule has 4 rings (SSSR count). The molecule has 0 spiro atoms. The maximum absolute atomic E-state index is 13.3. The van der Waals surface area contributed by atoms with Gasteiger partial charge < -0.3 is 9.30 Å². The van der Waals surface area contributed by atoms with Gasteiger partial charge in [0.1, 0.15) is 0 Å². The van der Waals surface area contributed by atoms with Crippen molar-refractivity contribution in [2.45, 2.75) is 26.9 Å². The Bertz CT molecular complexity index is 1370. The molecule has 0 N–H and O–H groups in total. The molecule has 8 nitrogen and oxygen atoms in total. The van der Waals surface area contributed by atoms with E-state index < -0.39 is 0 Å². The minimum atomic E-state index is -0.385. The highest BCUT2D eigenvalue weighted by Crippen LogP contribution is 2.20. The lowest BCUT2D eigenvalue weighted by molar-refractivity contribution is 0.187. The SMILES string of the molecule is COCCn1c(C)c(C)n2c3c(=O)n(CC=Cc4ccccc4)c(=O)n(C)c3nc12. The highest BCUT2D eigenvalue weighted by Gasteiger charge is 2.22. The molecule has 0 saturated heterocycles. The van der Waals surface area contributed by atoms with Gasteiger partial charge in [0.2, 0.25) is 5.78 Å². The summed E-state index contributed by atoms with van der Waals surface area (Å²) in [6, 6.07) is 9.77. The molecular formula is C22H25N5O3. The molecule has 0 radical (unpaired) electrons. The van der Waals surface area contributed by atoms with Crippen molar-refractivity contribution in [1.82, 2.24) is 23.1 Å². The predicted molar refractivity (Wildman–Crippen MR) is 117 cm³/mol. The van der Waals surface area contributed by atoms with E-state index in [0.29, 0.717) is 30.1 Å². The Labute approximate surface area is 173 Å². The zero-order valence-corrected chi connectivity index (χ0v) is 17.6. The quantitative estimate of drug-likeness (QED) is 0.491. The normalized spacial score (nSPS) is 12.0. The molecule has 3 aromatic heterocycles. The Kier molecular flexibility index (Phi) is 5.17. The van der Waals surface area contributed by atoms with Gasteiger partial charge in [-0.05, 0) is 19.4 Å². The van der Waals surface area contributed by atoms with E-state index >= 15 is 0 Å². The van der Waals surface area contributed by atoms with Gasteiger partial charge in [0.15, 0.2) is 11.2 Å². The molecule has 0 unspecified atom stereocenters. The molecule has 156 valence electrons. The van der Waals surface area contributed by atoms with E-state index in [-0.39, 0.29) is 17.8 Å². The van der Waals surface area contributed by atoms with Crippen LogP contribution in [0.3, 0.4) is 0 Å². The number of fused-ring (bicyclic) bond motifs is 3. The van der Waals surface area contributed by atoms with Crippen LogP contribution < -0.4 is 11.2 Å². The number of nitrogens with zero attached hydrogens (tertiary/aromatic N) is 5. The van der Waals surface area contributed by atoms with Crippen LogP contribution in [-0.2, 0) is 24.9 Å². The Morgan fingerprint density at radius 3 is 2.50 bits per heavy atom. The van der Waals surface area contributed by atoms with Gasteiger partial charge in [-0.25, -0.2) is 4.79 Å². The van der Waals surface area contributed by atoms with Crippen molar-refractivity contribution < 1.29 is 4.74 Å². The van der Waals surface area contributed by atoms with E-state index in [1.165, 1.54) is 9.13 Å². The summed E-state index contributed by atoms with van der Waals surface area (Å²) in [5.74, 6) is 0.640. The van der Waals surface area contributed by atoms with Crippen LogP contribution in [0.15, 0.2) is 46.0 Å². The Morgan fingerprint density at radius 2 is 1.80 bits per heavy atom. The van der Waals surface area contributed by atoms with Crippen LogP contribution in [0.25, 0.3) is 23.0 Å². The summed E-state index contributed by atoms with van der Waals surface area (Å²) in [5, 5.41) is 0. The molecule has 0 atom stereocenters. The first-order valence-electron chi connectivity index (χ1n) is 9.84. The third-order valence-electron chi connectivity index (χ3n) is 5.55. The topological polar surface area (TPSA) is 75.5 Å². The summed E-state index contributed by atoms with van der Waals surface area (Å²) in [6.45, 7) is 5.28. The molecule has 8 heteroatoms. The van der Waals surface area contributed by atoms with Crippen molar-refractivity contribution in [3.63, 3.8) is 0 Å². The standard InChI is InChI=1S/C22H25N5O3/c1-15-16(2)27-18-19(23-21(27)25(15)13-14-30-4)24(3)22(29)26(20(18)28)12-8-11-17-9-6-5-7-10-17/h5-11H,12-14H2,1-4H3.